The number of rotatable bonds is 6. The largest absolute Gasteiger partial charge is 0.208 e. The third-order valence-electron chi connectivity index (χ3n) is 15.6. The van der Waals surface area contributed by atoms with E-state index in [2.05, 4.69) is 196 Å². The summed E-state index contributed by atoms with van der Waals surface area (Å²) in [5.74, 6) is 2.97. The van der Waals surface area contributed by atoms with Crippen molar-refractivity contribution in [3.8, 4) is 78.7 Å². The molecule has 3 aliphatic rings. The van der Waals surface area contributed by atoms with Crippen LogP contribution in [-0.4, -0.2) is 27.5 Å². The van der Waals surface area contributed by atoms with Crippen LogP contribution in [-0.2, 0) is 5.41 Å². The van der Waals surface area contributed by atoms with Gasteiger partial charge >= 0.3 is 0 Å². The van der Waals surface area contributed by atoms with Gasteiger partial charge in [0.05, 0.1) is 0 Å². The van der Waals surface area contributed by atoms with E-state index in [1.165, 1.54) is 92.0 Å². The van der Waals surface area contributed by atoms with Gasteiger partial charge in [0.15, 0.2) is 17.5 Å². The lowest BCUT2D eigenvalue weighted by Crippen LogP contribution is -2.41. The van der Waals surface area contributed by atoms with Crippen LogP contribution in [0.15, 0.2) is 198 Å². The summed E-state index contributed by atoms with van der Waals surface area (Å²) < 4.78 is 2.61. The molecule has 0 saturated heterocycles. The molecule has 0 amide bonds. The molecule has 3 atom stereocenters. The number of fused-ring (bicyclic) bond motifs is 11. The molecular weight excluding hydrogens is 863 g/mol. The molecule has 5 heteroatoms. The molecule has 0 N–H and O–H groups in total. The lowest BCUT2D eigenvalue weighted by Gasteiger charge is -2.47. The summed E-state index contributed by atoms with van der Waals surface area (Å²) in [6.45, 7) is 9.86. The van der Waals surface area contributed by atoms with E-state index in [1.54, 1.807) is 0 Å². The quantitative estimate of drug-likeness (QED) is 0.156. The number of hydrogen-bond acceptors (Lipinski definition) is 4. The fourth-order valence-electron chi connectivity index (χ4n) is 12.3. The van der Waals surface area contributed by atoms with Gasteiger partial charge in [0.2, 0.25) is 0 Å². The van der Waals surface area contributed by atoms with Gasteiger partial charge < -0.3 is 0 Å². The van der Waals surface area contributed by atoms with E-state index in [0.29, 0.717) is 29.3 Å². The van der Waals surface area contributed by atoms with Crippen molar-refractivity contribution in [2.75, 3.05) is 12.5 Å². The van der Waals surface area contributed by atoms with Crippen molar-refractivity contribution in [1.29, 1.82) is 0 Å². The monoisotopic (exact) mass is 913 g/mol. The van der Waals surface area contributed by atoms with Crippen molar-refractivity contribution in [3.63, 3.8) is 0 Å². The van der Waals surface area contributed by atoms with Crippen LogP contribution in [0.25, 0.3) is 98.8 Å². The van der Waals surface area contributed by atoms with Gasteiger partial charge in [0.1, 0.15) is 0 Å². The molecule has 1 aliphatic heterocycles. The third kappa shape index (κ3) is 6.15. The fraction of sp³-hybridized carbons (Fsp3) is 0.159. The van der Waals surface area contributed by atoms with Crippen molar-refractivity contribution in [2.45, 2.75) is 48.3 Å². The van der Waals surface area contributed by atoms with E-state index in [-0.39, 0.29) is 5.41 Å². The molecule has 8 aromatic carbocycles. The number of hydrogen-bond donors (Lipinski definition) is 0. The first-order valence-corrected chi connectivity index (χ1v) is 27.2. The van der Waals surface area contributed by atoms with Gasteiger partial charge in [0, 0.05) is 52.1 Å². The van der Waals surface area contributed by atoms with Crippen molar-refractivity contribution >= 4 is 41.5 Å². The van der Waals surface area contributed by atoms with Crippen LogP contribution >= 0.6 is 21.4 Å². The average molecular weight is 914 g/mol. The highest BCUT2D eigenvalue weighted by molar-refractivity contribution is 8.33. The third-order valence-corrected chi connectivity index (χ3v) is 19.6. The first-order valence-electron chi connectivity index (χ1n) is 24.0. The molecule has 0 bridgehead atoms. The maximum Gasteiger partial charge on any atom is 0.164 e. The van der Waals surface area contributed by atoms with E-state index in [0.717, 1.165) is 35.1 Å². The van der Waals surface area contributed by atoms with E-state index in [4.69, 9.17) is 21.5 Å². The van der Waals surface area contributed by atoms with Crippen LogP contribution in [0.5, 0.6) is 0 Å². The molecule has 1 spiro atoms. The topological polar surface area (TPSA) is 38.7 Å². The van der Waals surface area contributed by atoms with Crippen LogP contribution in [0, 0.1) is 11.8 Å². The molecular formula is C63H51N3S2. The van der Waals surface area contributed by atoms with E-state index < -0.39 is 10.0 Å². The minimum atomic E-state index is -1.25. The lowest BCUT2D eigenvalue weighted by molar-refractivity contribution is 0.248. The molecule has 3 nitrogen and oxygen atoms in total. The number of thiophene rings is 1. The molecule has 10 aromatic rings. The Balaban J connectivity index is 1.01. The molecule has 1 saturated carbocycles. The highest BCUT2D eigenvalue weighted by Gasteiger charge is 2.53. The van der Waals surface area contributed by atoms with Crippen molar-refractivity contribution in [1.82, 2.24) is 15.0 Å². The Morgan fingerprint density at radius 1 is 0.529 bits per heavy atom. The SMILES string of the molecule is C=C1CC(CC)CC(C)C12c1ccccc1-c1cc(-c3nc(-c4ccccc4)nc(-c4ccc(-c5ccc6c(c5)sc5ccccc56)cc4)n3)cc(-c3ccc4c(c3)S(C)(C)c3ccccc3-4)c12. The Bertz CT molecular complexity index is 3700. The molecule has 13 rings (SSSR count). The number of allylic oxidation sites excluding steroid dienone is 1. The van der Waals surface area contributed by atoms with Gasteiger partial charge in [-0.1, -0.05) is 172 Å². The molecule has 2 aromatic heterocycles. The zero-order chi connectivity index (χ0) is 45.9. The summed E-state index contributed by atoms with van der Waals surface area (Å²) >= 11 is 1.85. The fourth-order valence-corrected chi connectivity index (χ4v) is 16.0. The maximum absolute atomic E-state index is 5.41. The molecule has 68 heavy (non-hydrogen) atoms. The molecule has 3 unspecified atom stereocenters. The average Bonchev–Trinajstić information content (AvgIpc) is 3.99. The summed E-state index contributed by atoms with van der Waals surface area (Å²) in [6, 6.07) is 64.9. The van der Waals surface area contributed by atoms with E-state index in [9.17, 15) is 0 Å². The normalized spacial score (nSPS) is 19.2. The Hall–Kier alpha value is -6.92. The second kappa shape index (κ2) is 15.6. The van der Waals surface area contributed by atoms with E-state index in [1.807, 2.05) is 17.4 Å². The minimum absolute atomic E-state index is 0.321. The lowest BCUT2D eigenvalue weighted by atomic mass is 9.56. The van der Waals surface area contributed by atoms with Crippen LogP contribution < -0.4 is 0 Å². The first kappa shape index (κ1) is 41.3. The first-order chi connectivity index (χ1) is 33.2. The molecule has 2 aliphatic carbocycles. The Morgan fingerprint density at radius 2 is 1.13 bits per heavy atom. The zero-order valence-corrected chi connectivity index (χ0v) is 40.5. The Morgan fingerprint density at radius 3 is 1.91 bits per heavy atom. The Kier molecular flexibility index (Phi) is 9.45. The van der Waals surface area contributed by atoms with Crippen molar-refractivity contribution < 1.29 is 0 Å². The smallest absolute Gasteiger partial charge is 0.164 e. The van der Waals surface area contributed by atoms with Gasteiger partial charge in [-0.25, -0.2) is 15.0 Å². The number of benzene rings is 8. The predicted octanol–water partition coefficient (Wildman–Crippen LogP) is 17.3. The highest BCUT2D eigenvalue weighted by Crippen LogP contribution is 2.68. The zero-order valence-electron chi connectivity index (χ0n) is 38.9. The van der Waals surface area contributed by atoms with Gasteiger partial charge in [-0.3, -0.25) is 0 Å². The van der Waals surface area contributed by atoms with Gasteiger partial charge in [-0.15, -0.1) is 11.3 Å². The van der Waals surface area contributed by atoms with Crippen molar-refractivity contribution in [2.24, 2.45) is 11.8 Å². The summed E-state index contributed by atoms with van der Waals surface area (Å²) in [6.07, 6.45) is 8.28. The second-order valence-corrected chi connectivity index (χ2v) is 24.2. The van der Waals surface area contributed by atoms with Crippen LogP contribution in [0.2, 0.25) is 0 Å². The molecule has 3 heterocycles. The summed E-state index contributed by atoms with van der Waals surface area (Å²) in [5.41, 5.74) is 16.8. The van der Waals surface area contributed by atoms with Gasteiger partial charge in [-0.05, 0) is 129 Å². The number of nitrogens with zero attached hydrogens (tertiary/aromatic N) is 3. The molecule has 0 radical (unpaired) electrons. The minimum Gasteiger partial charge on any atom is -0.208 e. The standard InChI is InChI=1S/C63H51N3S2/c1-6-40-32-38(2)63(39(3)33-40)54-21-13-10-18-47(54)53-35-46(34-52(59(53)63)45-29-31-51-50-20-12-15-23-57(50)68(4,5)58(51)37-45)62-65-60(42-16-8-7-9-17-42)64-61(66-62)43-26-24-41(25-27-43)44-28-30-49-48-19-11-14-22-55(48)67-56(49)36-44/h7-31,34-37,39-40H,2,6,32-33H2,1,3-5H3. The highest BCUT2D eigenvalue weighted by atomic mass is 32.3. The van der Waals surface area contributed by atoms with E-state index >= 15 is 0 Å². The number of aromatic nitrogens is 3. The Labute approximate surface area is 404 Å². The molecule has 330 valence electrons. The van der Waals surface area contributed by atoms with Gasteiger partial charge in [-0.2, -0.15) is 10.0 Å². The van der Waals surface area contributed by atoms with Crippen LogP contribution in [0.3, 0.4) is 0 Å². The summed E-state index contributed by atoms with van der Waals surface area (Å²) in [5, 5.41) is 2.62. The van der Waals surface area contributed by atoms with Gasteiger partial charge in [0.25, 0.3) is 0 Å². The van der Waals surface area contributed by atoms with Crippen molar-refractivity contribution in [3.05, 3.63) is 199 Å². The predicted molar refractivity (Wildman–Crippen MR) is 289 cm³/mol. The second-order valence-electron chi connectivity index (χ2n) is 19.6. The maximum atomic E-state index is 5.41. The van der Waals surface area contributed by atoms with Crippen LogP contribution in [0.4, 0.5) is 0 Å². The summed E-state index contributed by atoms with van der Waals surface area (Å²) in [7, 11) is -1.25. The summed E-state index contributed by atoms with van der Waals surface area (Å²) in [4.78, 5) is 18.9. The van der Waals surface area contributed by atoms with Crippen LogP contribution in [0.1, 0.15) is 44.2 Å². The molecule has 1 fully saturated rings.